The molecule has 1 saturated heterocycles. The van der Waals surface area contributed by atoms with E-state index in [2.05, 4.69) is 9.74 Å². The van der Waals surface area contributed by atoms with Crippen molar-refractivity contribution in [2.75, 3.05) is 18.1 Å². The Bertz CT molecular complexity index is 380. The van der Waals surface area contributed by atoms with Crippen molar-refractivity contribution < 1.29 is 5.11 Å². The van der Waals surface area contributed by atoms with Crippen LogP contribution in [0.5, 0.6) is 0 Å². The second-order valence-electron chi connectivity index (χ2n) is 4.15. The number of piperidine rings is 1. The van der Waals surface area contributed by atoms with E-state index in [0.29, 0.717) is 5.69 Å². The lowest BCUT2D eigenvalue weighted by molar-refractivity contribution is 0.240. The van der Waals surface area contributed by atoms with Crippen molar-refractivity contribution in [3.8, 4) is 0 Å². The first-order valence-corrected chi connectivity index (χ1v) is 5.70. The third-order valence-electron chi connectivity index (χ3n) is 3.15. The monoisotopic (exact) mass is 216 g/mol. The van der Waals surface area contributed by atoms with Gasteiger partial charge >= 0.3 is 0 Å². The predicted octanol–water partition coefficient (Wildman–Crippen LogP) is 2.59. The molecule has 1 aromatic carbocycles. The summed E-state index contributed by atoms with van der Waals surface area (Å²) in [7, 11) is 0. The SMILES string of the molecule is [C-]#[N+]c1ccc(N2CCCCC2CO)cc1. The summed E-state index contributed by atoms with van der Waals surface area (Å²) in [4.78, 5) is 5.63. The Kier molecular flexibility index (Phi) is 3.43. The maximum Gasteiger partial charge on any atom is 0.187 e. The van der Waals surface area contributed by atoms with Crippen LogP contribution in [0.15, 0.2) is 24.3 Å². The van der Waals surface area contributed by atoms with E-state index in [9.17, 15) is 5.11 Å². The minimum absolute atomic E-state index is 0.213. The summed E-state index contributed by atoms with van der Waals surface area (Å²) in [6, 6.07) is 7.87. The highest BCUT2D eigenvalue weighted by Gasteiger charge is 2.21. The zero-order valence-corrected chi connectivity index (χ0v) is 9.26. The predicted molar refractivity (Wildman–Crippen MR) is 64.8 cm³/mol. The van der Waals surface area contributed by atoms with Gasteiger partial charge in [0.15, 0.2) is 5.69 Å². The Balaban J connectivity index is 2.18. The lowest BCUT2D eigenvalue weighted by Crippen LogP contribution is -2.41. The van der Waals surface area contributed by atoms with Gasteiger partial charge in [-0.15, -0.1) is 0 Å². The summed E-state index contributed by atoms with van der Waals surface area (Å²) in [5, 5.41) is 9.33. The van der Waals surface area contributed by atoms with Crippen molar-refractivity contribution >= 4 is 11.4 Å². The van der Waals surface area contributed by atoms with Gasteiger partial charge in [0.1, 0.15) is 0 Å². The van der Waals surface area contributed by atoms with E-state index < -0.39 is 0 Å². The smallest absolute Gasteiger partial charge is 0.187 e. The molecule has 0 aromatic heterocycles. The summed E-state index contributed by atoms with van der Waals surface area (Å²) >= 11 is 0. The molecule has 0 radical (unpaired) electrons. The van der Waals surface area contributed by atoms with Gasteiger partial charge in [-0.25, -0.2) is 4.85 Å². The van der Waals surface area contributed by atoms with E-state index in [1.807, 2.05) is 24.3 Å². The normalized spacial score (nSPS) is 20.5. The Morgan fingerprint density at radius 3 is 2.69 bits per heavy atom. The molecule has 1 aromatic rings. The number of nitrogens with zero attached hydrogens (tertiary/aromatic N) is 2. The lowest BCUT2D eigenvalue weighted by Gasteiger charge is -2.36. The molecule has 0 amide bonds. The van der Waals surface area contributed by atoms with Crippen LogP contribution in [0, 0.1) is 6.57 Å². The van der Waals surface area contributed by atoms with Gasteiger partial charge in [0.25, 0.3) is 0 Å². The average Bonchev–Trinajstić information content (AvgIpc) is 2.39. The Hall–Kier alpha value is -1.53. The van der Waals surface area contributed by atoms with Crippen LogP contribution in [0.3, 0.4) is 0 Å². The van der Waals surface area contributed by atoms with Gasteiger partial charge < -0.3 is 10.0 Å². The van der Waals surface area contributed by atoms with Crippen LogP contribution in [0.25, 0.3) is 4.85 Å². The molecule has 1 aliphatic heterocycles. The largest absolute Gasteiger partial charge is 0.394 e. The highest BCUT2D eigenvalue weighted by atomic mass is 16.3. The zero-order chi connectivity index (χ0) is 11.4. The van der Waals surface area contributed by atoms with Crippen LogP contribution in [0.1, 0.15) is 19.3 Å². The van der Waals surface area contributed by atoms with Crippen molar-refractivity contribution in [1.29, 1.82) is 0 Å². The van der Waals surface area contributed by atoms with Crippen LogP contribution in [-0.2, 0) is 0 Å². The fourth-order valence-corrected chi connectivity index (χ4v) is 2.25. The van der Waals surface area contributed by atoms with E-state index in [0.717, 1.165) is 18.7 Å². The van der Waals surface area contributed by atoms with Crippen LogP contribution in [0.2, 0.25) is 0 Å². The van der Waals surface area contributed by atoms with E-state index in [-0.39, 0.29) is 12.6 Å². The molecule has 1 N–H and O–H groups in total. The molecule has 1 heterocycles. The first-order chi connectivity index (χ1) is 7.85. The number of benzene rings is 1. The van der Waals surface area contributed by atoms with Crippen LogP contribution >= 0.6 is 0 Å². The summed E-state index contributed by atoms with van der Waals surface area (Å²) in [5.41, 5.74) is 1.78. The van der Waals surface area contributed by atoms with Crippen molar-refractivity contribution in [3.63, 3.8) is 0 Å². The van der Waals surface area contributed by atoms with Gasteiger partial charge in [-0.3, -0.25) is 0 Å². The quantitative estimate of drug-likeness (QED) is 0.769. The molecule has 0 spiro atoms. The summed E-state index contributed by atoms with van der Waals surface area (Å²) in [5.74, 6) is 0. The number of hydrogen-bond acceptors (Lipinski definition) is 2. The molecular formula is C13H16N2O. The second-order valence-corrected chi connectivity index (χ2v) is 4.15. The van der Waals surface area contributed by atoms with Gasteiger partial charge in [0.2, 0.25) is 0 Å². The Morgan fingerprint density at radius 2 is 2.06 bits per heavy atom. The van der Waals surface area contributed by atoms with Crippen molar-refractivity contribution in [2.24, 2.45) is 0 Å². The molecular weight excluding hydrogens is 200 g/mol. The van der Waals surface area contributed by atoms with Gasteiger partial charge in [-0.05, 0) is 31.4 Å². The topological polar surface area (TPSA) is 27.8 Å². The molecule has 84 valence electrons. The van der Waals surface area contributed by atoms with Crippen LogP contribution < -0.4 is 4.90 Å². The molecule has 1 atom stereocenters. The van der Waals surface area contributed by atoms with E-state index in [4.69, 9.17) is 6.57 Å². The molecule has 0 bridgehead atoms. The minimum Gasteiger partial charge on any atom is -0.394 e. The number of aliphatic hydroxyl groups excluding tert-OH is 1. The molecule has 1 unspecified atom stereocenters. The standard InChI is InChI=1S/C13H16N2O/c1-14-11-5-7-12(8-6-11)15-9-3-2-4-13(15)10-16/h5-8,13,16H,2-4,9-10H2. The van der Waals surface area contributed by atoms with Crippen molar-refractivity contribution in [3.05, 3.63) is 35.7 Å². The summed E-state index contributed by atoms with van der Waals surface area (Å²) < 4.78 is 0. The molecule has 3 heteroatoms. The van der Waals surface area contributed by atoms with Crippen molar-refractivity contribution in [1.82, 2.24) is 0 Å². The average molecular weight is 216 g/mol. The van der Waals surface area contributed by atoms with E-state index in [1.54, 1.807) is 0 Å². The Labute approximate surface area is 96.1 Å². The van der Waals surface area contributed by atoms with Gasteiger partial charge in [0, 0.05) is 12.2 Å². The number of hydrogen-bond donors (Lipinski definition) is 1. The lowest BCUT2D eigenvalue weighted by atomic mass is 10.0. The third kappa shape index (κ3) is 2.17. The molecule has 3 nitrogen and oxygen atoms in total. The summed E-state index contributed by atoms with van der Waals surface area (Å²) in [6.07, 6.45) is 3.43. The molecule has 1 aliphatic rings. The molecule has 0 saturated carbocycles. The fourth-order valence-electron chi connectivity index (χ4n) is 2.25. The number of anilines is 1. The third-order valence-corrected chi connectivity index (χ3v) is 3.15. The molecule has 1 fully saturated rings. The van der Waals surface area contributed by atoms with E-state index in [1.165, 1.54) is 12.8 Å². The van der Waals surface area contributed by atoms with E-state index >= 15 is 0 Å². The minimum atomic E-state index is 0.213. The maximum atomic E-state index is 9.33. The maximum absolute atomic E-state index is 9.33. The molecule has 0 aliphatic carbocycles. The Morgan fingerprint density at radius 1 is 1.31 bits per heavy atom. The first kappa shape index (κ1) is 11.0. The van der Waals surface area contributed by atoms with Crippen LogP contribution in [-0.4, -0.2) is 24.3 Å². The van der Waals surface area contributed by atoms with Gasteiger partial charge in [-0.1, -0.05) is 12.1 Å². The highest BCUT2D eigenvalue weighted by molar-refractivity contribution is 5.56. The van der Waals surface area contributed by atoms with Crippen molar-refractivity contribution in [2.45, 2.75) is 25.3 Å². The van der Waals surface area contributed by atoms with Gasteiger partial charge in [-0.2, -0.15) is 0 Å². The number of aliphatic hydroxyl groups is 1. The molecule has 2 rings (SSSR count). The first-order valence-electron chi connectivity index (χ1n) is 5.70. The zero-order valence-electron chi connectivity index (χ0n) is 9.26. The number of rotatable bonds is 2. The fraction of sp³-hybridized carbons (Fsp3) is 0.462. The molecule has 16 heavy (non-hydrogen) atoms. The second kappa shape index (κ2) is 5.00. The van der Waals surface area contributed by atoms with Crippen LogP contribution in [0.4, 0.5) is 11.4 Å². The highest BCUT2D eigenvalue weighted by Crippen LogP contribution is 2.26. The summed E-state index contributed by atoms with van der Waals surface area (Å²) in [6.45, 7) is 8.12. The van der Waals surface area contributed by atoms with Gasteiger partial charge in [0.05, 0.1) is 19.2 Å².